The number of nitrogens with one attached hydrogen (secondary N) is 1. The Morgan fingerprint density at radius 3 is 2.74 bits per heavy atom. The van der Waals surface area contributed by atoms with Crippen molar-refractivity contribution in [3.05, 3.63) is 75.5 Å². The molecule has 5 nitrogen and oxygen atoms in total. The first kappa shape index (κ1) is 21.7. The third-order valence-electron chi connectivity index (χ3n) is 5.71. The number of benzene rings is 2. The Morgan fingerprint density at radius 1 is 1.13 bits per heavy atom. The third kappa shape index (κ3) is 5.23. The van der Waals surface area contributed by atoms with Gasteiger partial charge in [0, 0.05) is 16.6 Å². The second-order valence-corrected chi connectivity index (χ2v) is 8.72. The molecule has 2 atom stereocenters. The lowest BCUT2D eigenvalue weighted by Gasteiger charge is -2.44. The number of halogens is 2. The van der Waals surface area contributed by atoms with E-state index >= 15 is 0 Å². The van der Waals surface area contributed by atoms with Gasteiger partial charge < -0.3 is 15.0 Å². The summed E-state index contributed by atoms with van der Waals surface area (Å²) in [5.74, 6) is -0.234. The molecule has 162 valence electrons. The molecule has 0 aromatic heterocycles. The van der Waals surface area contributed by atoms with Crippen LogP contribution in [-0.2, 0) is 20.9 Å². The molecule has 2 fully saturated rings. The molecule has 1 aliphatic carbocycles. The number of ether oxygens (including phenoxy) is 1. The van der Waals surface area contributed by atoms with Crippen molar-refractivity contribution in [3.8, 4) is 0 Å². The SMILES string of the molecule is O=C(CN1C(=O)/C(=C\c2cccc(Cl)c2)OC2CCCCC21)NCc1ccccc1Cl. The van der Waals surface area contributed by atoms with Crippen LogP contribution in [0.15, 0.2) is 54.3 Å². The quantitative estimate of drug-likeness (QED) is 0.653. The maximum Gasteiger partial charge on any atom is 0.289 e. The highest BCUT2D eigenvalue weighted by Crippen LogP contribution is 2.33. The molecule has 1 saturated carbocycles. The number of morpholine rings is 1. The molecule has 2 aliphatic rings. The lowest BCUT2D eigenvalue weighted by atomic mass is 9.89. The predicted octanol–water partition coefficient (Wildman–Crippen LogP) is 4.82. The van der Waals surface area contributed by atoms with Crippen LogP contribution in [0.2, 0.25) is 10.0 Å². The number of hydrogen-bond donors (Lipinski definition) is 1. The van der Waals surface area contributed by atoms with Crippen molar-refractivity contribution in [3.63, 3.8) is 0 Å². The van der Waals surface area contributed by atoms with Crippen molar-refractivity contribution in [2.24, 2.45) is 0 Å². The zero-order chi connectivity index (χ0) is 21.8. The molecular formula is C24H24Cl2N2O3. The van der Waals surface area contributed by atoms with Gasteiger partial charge in [-0.1, -0.05) is 60.0 Å². The molecule has 31 heavy (non-hydrogen) atoms. The van der Waals surface area contributed by atoms with Crippen LogP contribution in [0, 0.1) is 0 Å². The summed E-state index contributed by atoms with van der Waals surface area (Å²) < 4.78 is 6.08. The van der Waals surface area contributed by atoms with E-state index in [9.17, 15) is 9.59 Å². The minimum Gasteiger partial charge on any atom is -0.482 e. The zero-order valence-corrected chi connectivity index (χ0v) is 18.5. The van der Waals surface area contributed by atoms with E-state index in [0.717, 1.165) is 36.8 Å². The van der Waals surface area contributed by atoms with Gasteiger partial charge in [0.2, 0.25) is 5.91 Å². The molecule has 7 heteroatoms. The molecule has 1 N–H and O–H groups in total. The average molecular weight is 459 g/mol. The second-order valence-electron chi connectivity index (χ2n) is 7.87. The third-order valence-corrected chi connectivity index (χ3v) is 6.32. The Bertz CT molecular complexity index is 1010. The Morgan fingerprint density at radius 2 is 1.94 bits per heavy atom. The fourth-order valence-corrected chi connectivity index (χ4v) is 4.56. The van der Waals surface area contributed by atoms with Crippen LogP contribution >= 0.6 is 23.2 Å². The number of fused-ring (bicyclic) bond motifs is 1. The molecular weight excluding hydrogens is 435 g/mol. The summed E-state index contributed by atoms with van der Waals surface area (Å²) in [4.78, 5) is 27.6. The molecule has 2 aromatic carbocycles. The fourth-order valence-electron chi connectivity index (χ4n) is 4.16. The minimum absolute atomic E-state index is 0.0132. The van der Waals surface area contributed by atoms with Gasteiger partial charge in [0.15, 0.2) is 5.76 Å². The van der Waals surface area contributed by atoms with Crippen LogP contribution in [0.5, 0.6) is 0 Å². The molecule has 0 radical (unpaired) electrons. The standard InChI is InChI=1S/C24H24Cl2N2O3/c25-18-8-5-6-16(12-18)13-22-24(30)28(20-10-3-4-11-21(20)31-22)15-23(29)27-14-17-7-1-2-9-19(17)26/h1-2,5-9,12-13,20-21H,3-4,10-11,14-15H2,(H,27,29)/b22-13+. The van der Waals surface area contributed by atoms with Gasteiger partial charge in [0.05, 0.1) is 6.04 Å². The van der Waals surface area contributed by atoms with Gasteiger partial charge in [0.25, 0.3) is 5.91 Å². The molecule has 4 rings (SSSR count). The first-order valence-electron chi connectivity index (χ1n) is 10.5. The van der Waals surface area contributed by atoms with E-state index in [-0.39, 0.29) is 36.3 Å². The highest BCUT2D eigenvalue weighted by molar-refractivity contribution is 6.31. The van der Waals surface area contributed by atoms with E-state index in [1.165, 1.54) is 0 Å². The average Bonchev–Trinajstić information content (AvgIpc) is 2.76. The van der Waals surface area contributed by atoms with Crippen molar-refractivity contribution in [2.45, 2.75) is 44.4 Å². The number of rotatable bonds is 5. The lowest BCUT2D eigenvalue weighted by molar-refractivity contribution is -0.151. The molecule has 2 aromatic rings. The summed E-state index contributed by atoms with van der Waals surface area (Å²) in [6.45, 7) is 0.303. The van der Waals surface area contributed by atoms with Crippen molar-refractivity contribution < 1.29 is 14.3 Å². The van der Waals surface area contributed by atoms with E-state index in [2.05, 4.69) is 5.32 Å². The first-order valence-corrected chi connectivity index (χ1v) is 11.2. The van der Waals surface area contributed by atoms with Gasteiger partial charge in [-0.25, -0.2) is 0 Å². The lowest BCUT2D eigenvalue weighted by Crippen LogP contribution is -2.57. The summed E-state index contributed by atoms with van der Waals surface area (Å²) in [7, 11) is 0. The van der Waals surface area contributed by atoms with E-state index in [1.54, 1.807) is 29.2 Å². The molecule has 0 spiro atoms. The Hall–Kier alpha value is -2.50. The largest absolute Gasteiger partial charge is 0.482 e. The number of carbonyl (C=O) groups is 2. The summed E-state index contributed by atoms with van der Waals surface area (Å²) in [5, 5.41) is 4.07. The maximum absolute atomic E-state index is 13.2. The smallest absolute Gasteiger partial charge is 0.289 e. The van der Waals surface area contributed by atoms with Gasteiger partial charge in [-0.3, -0.25) is 9.59 Å². The van der Waals surface area contributed by atoms with Gasteiger partial charge in [-0.15, -0.1) is 0 Å². The molecule has 2 amide bonds. The van der Waals surface area contributed by atoms with E-state index in [0.29, 0.717) is 16.6 Å². The number of carbonyl (C=O) groups excluding carboxylic acids is 2. The Labute approximate surface area is 192 Å². The van der Waals surface area contributed by atoms with Crippen molar-refractivity contribution in [2.75, 3.05) is 6.54 Å². The van der Waals surface area contributed by atoms with Gasteiger partial charge in [-0.05, 0) is 54.7 Å². The molecule has 1 saturated heterocycles. The molecule has 0 bridgehead atoms. The molecule has 1 heterocycles. The predicted molar refractivity (Wildman–Crippen MR) is 122 cm³/mol. The number of amides is 2. The molecule has 2 unspecified atom stereocenters. The normalized spacial score (nSPS) is 22.1. The number of nitrogens with zero attached hydrogens (tertiary/aromatic N) is 1. The summed E-state index contributed by atoms with van der Waals surface area (Å²) in [6.07, 6.45) is 5.36. The minimum atomic E-state index is -0.268. The summed E-state index contributed by atoms with van der Waals surface area (Å²) in [6, 6.07) is 14.5. The van der Waals surface area contributed by atoms with Gasteiger partial charge >= 0.3 is 0 Å². The Kier molecular flexibility index (Phi) is 6.83. The monoisotopic (exact) mass is 458 g/mol. The summed E-state index contributed by atoms with van der Waals surface area (Å²) in [5.41, 5.74) is 1.62. The molecule has 1 aliphatic heterocycles. The first-order chi connectivity index (χ1) is 15.0. The van der Waals surface area contributed by atoms with Crippen molar-refractivity contribution in [1.82, 2.24) is 10.2 Å². The van der Waals surface area contributed by atoms with Crippen LogP contribution < -0.4 is 5.32 Å². The van der Waals surface area contributed by atoms with Crippen molar-refractivity contribution in [1.29, 1.82) is 0 Å². The van der Waals surface area contributed by atoms with Gasteiger partial charge in [-0.2, -0.15) is 0 Å². The van der Waals surface area contributed by atoms with Gasteiger partial charge in [0.1, 0.15) is 12.6 Å². The second kappa shape index (κ2) is 9.75. The fraction of sp³-hybridized carbons (Fsp3) is 0.333. The highest BCUT2D eigenvalue weighted by atomic mass is 35.5. The zero-order valence-electron chi connectivity index (χ0n) is 17.0. The van der Waals surface area contributed by atoms with E-state index < -0.39 is 0 Å². The van der Waals surface area contributed by atoms with Crippen LogP contribution in [0.3, 0.4) is 0 Å². The maximum atomic E-state index is 13.2. The summed E-state index contributed by atoms with van der Waals surface area (Å²) >= 11 is 12.2. The van der Waals surface area contributed by atoms with Crippen LogP contribution in [0.4, 0.5) is 0 Å². The highest BCUT2D eigenvalue weighted by Gasteiger charge is 2.42. The van der Waals surface area contributed by atoms with Crippen LogP contribution in [0.25, 0.3) is 6.08 Å². The van der Waals surface area contributed by atoms with E-state index in [1.807, 2.05) is 30.3 Å². The van der Waals surface area contributed by atoms with Crippen molar-refractivity contribution >= 4 is 41.1 Å². The van der Waals surface area contributed by atoms with Crippen LogP contribution in [0.1, 0.15) is 36.8 Å². The Balaban J connectivity index is 1.50. The topological polar surface area (TPSA) is 58.6 Å². The van der Waals surface area contributed by atoms with Crippen LogP contribution in [-0.4, -0.2) is 35.4 Å². The number of hydrogen-bond acceptors (Lipinski definition) is 3. The van der Waals surface area contributed by atoms with E-state index in [4.69, 9.17) is 27.9 Å².